The van der Waals surface area contributed by atoms with E-state index in [-0.39, 0.29) is 36.0 Å². The minimum atomic E-state index is -4.54. The summed E-state index contributed by atoms with van der Waals surface area (Å²) >= 11 is 6.38. The molecule has 0 saturated carbocycles. The van der Waals surface area contributed by atoms with E-state index in [9.17, 15) is 18.0 Å². The maximum atomic E-state index is 13.7. The molecule has 1 N–H and O–H groups in total. The Morgan fingerprint density at radius 1 is 0.913 bits per heavy atom. The first-order chi connectivity index (χ1) is 22.1. The molecule has 0 radical (unpaired) electrons. The number of halogens is 4. The number of benzene rings is 4. The molecule has 0 aliphatic carbocycles. The third-order valence-electron chi connectivity index (χ3n) is 8.17. The summed E-state index contributed by atoms with van der Waals surface area (Å²) in [4.78, 5) is 14.1. The molecule has 0 fully saturated rings. The average molecular weight is 648 g/mol. The van der Waals surface area contributed by atoms with E-state index in [1.807, 2.05) is 78.4 Å². The lowest BCUT2D eigenvalue weighted by molar-refractivity contribution is -0.137. The summed E-state index contributed by atoms with van der Waals surface area (Å²) in [6.07, 6.45) is -2.27. The number of ether oxygens (including phenoxy) is 1. The summed E-state index contributed by atoms with van der Waals surface area (Å²) in [5, 5.41) is 3.28. The van der Waals surface area contributed by atoms with Crippen LogP contribution in [0.4, 0.5) is 13.2 Å². The van der Waals surface area contributed by atoms with Gasteiger partial charge in [0.2, 0.25) is 5.91 Å². The molecule has 1 heterocycles. The molecule has 4 aromatic carbocycles. The molecule has 1 unspecified atom stereocenters. The summed E-state index contributed by atoms with van der Waals surface area (Å²) in [5.74, 6) is 0.596. The molecular weight excluding hydrogens is 611 g/mol. The highest BCUT2D eigenvalue weighted by Crippen LogP contribution is 2.37. The molecule has 0 bridgehead atoms. The number of nitrogens with zero attached hydrogens (tertiary/aromatic N) is 2. The number of likely N-dealkylation sites (N-methyl/N-ethyl adjacent to an activating group) is 1. The zero-order valence-electron chi connectivity index (χ0n) is 25.8. The van der Waals surface area contributed by atoms with Gasteiger partial charge in [0.05, 0.1) is 22.2 Å². The van der Waals surface area contributed by atoms with Crippen LogP contribution in [0, 0.1) is 0 Å². The Bertz CT molecular complexity index is 1700. The number of rotatable bonds is 13. The molecule has 0 aliphatic heterocycles. The van der Waals surface area contributed by atoms with Crippen LogP contribution in [0.15, 0.2) is 109 Å². The predicted octanol–water partition coefficient (Wildman–Crippen LogP) is 8.55. The normalized spacial score (nSPS) is 12.5. The molecule has 0 aliphatic rings. The summed E-state index contributed by atoms with van der Waals surface area (Å²) in [5.41, 5.74) is 2.72. The molecule has 0 saturated heterocycles. The molecule has 240 valence electrons. The van der Waals surface area contributed by atoms with Gasteiger partial charge in [-0.2, -0.15) is 13.2 Å². The van der Waals surface area contributed by atoms with Crippen molar-refractivity contribution in [3.8, 4) is 5.75 Å². The van der Waals surface area contributed by atoms with Crippen molar-refractivity contribution in [2.75, 3.05) is 20.1 Å². The highest BCUT2D eigenvalue weighted by atomic mass is 35.5. The van der Waals surface area contributed by atoms with E-state index in [1.165, 1.54) is 6.07 Å². The van der Waals surface area contributed by atoms with Crippen LogP contribution in [-0.4, -0.2) is 41.6 Å². The second-order valence-electron chi connectivity index (χ2n) is 11.4. The number of aromatic nitrogens is 1. The lowest BCUT2D eigenvalue weighted by Crippen LogP contribution is -2.32. The van der Waals surface area contributed by atoms with Crippen LogP contribution in [0.3, 0.4) is 0 Å². The number of nitrogens with one attached hydrogen (secondary N) is 1. The highest BCUT2D eigenvalue weighted by molar-refractivity contribution is 6.32. The van der Waals surface area contributed by atoms with E-state index < -0.39 is 11.7 Å². The second kappa shape index (κ2) is 14.9. The van der Waals surface area contributed by atoms with Gasteiger partial charge in [0.15, 0.2) is 0 Å². The maximum Gasteiger partial charge on any atom is 0.417 e. The minimum Gasteiger partial charge on any atom is -0.490 e. The Morgan fingerprint density at radius 3 is 2.20 bits per heavy atom. The number of carbonyl (C=O) groups excluding carboxylic acids is 1. The van der Waals surface area contributed by atoms with Crippen molar-refractivity contribution in [1.29, 1.82) is 0 Å². The summed E-state index contributed by atoms with van der Waals surface area (Å²) in [6, 6.07) is 32.0. The first kappa shape index (κ1) is 33.1. The zero-order valence-corrected chi connectivity index (χ0v) is 26.6. The second-order valence-corrected chi connectivity index (χ2v) is 11.8. The van der Waals surface area contributed by atoms with Gasteiger partial charge in [0.1, 0.15) is 12.3 Å². The van der Waals surface area contributed by atoms with Crippen LogP contribution in [0.25, 0.3) is 10.9 Å². The largest absolute Gasteiger partial charge is 0.490 e. The van der Waals surface area contributed by atoms with Crippen LogP contribution in [0.1, 0.15) is 41.5 Å². The van der Waals surface area contributed by atoms with Gasteiger partial charge < -0.3 is 14.6 Å². The van der Waals surface area contributed by atoms with Crippen LogP contribution in [0.5, 0.6) is 5.75 Å². The Morgan fingerprint density at radius 2 is 1.57 bits per heavy atom. The monoisotopic (exact) mass is 647 g/mol. The van der Waals surface area contributed by atoms with Gasteiger partial charge in [0.25, 0.3) is 0 Å². The zero-order chi connectivity index (χ0) is 32.7. The number of alkyl halides is 3. The predicted molar refractivity (Wildman–Crippen MR) is 177 cm³/mol. The Kier molecular flexibility index (Phi) is 10.7. The van der Waals surface area contributed by atoms with Crippen LogP contribution < -0.4 is 10.1 Å². The fourth-order valence-corrected chi connectivity index (χ4v) is 6.03. The number of hydrogen-bond acceptors (Lipinski definition) is 3. The number of fused-ring (bicyclic) bond motifs is 1. The van der Waals surface area contributed by atoms with Crippen molar-refractivity contribution in [2.24, 2.45) is 0 Å². The average Bonchev–Trinajstić information content (AvgIpc) is 3.46. The SMILES string of the molecule is CNC(=O)Cn1ccc2c(OC(C)CCN(Cc3cccc(C(F)(F)F)c3Cl)CC(c3ccccc3)c3ccccc3)cccc21. The van der Waals surface area contributed by atoms with Gasteiger partial charge in [-0.05, 0) is 54.3 Å². The van der Waals surface area contributed by atoms with Gasteiger partial charge in [-0.25, -0.2) is 0 Å². The molecule has 5 rings (SSSR count). The number of carbonyl (C=O) groups is 1. The van der Waals surface area contributed by atoms with Crippen molar-refractivity contribution in [3.63, 3.8) is 0 Å². The summed E-state index contributed by atoms with van der Waals surface area (Å²) in [6.45, 7) is 3.55. The topological polar surface area (TPSA) is 46.5 Å². The molecule has 1 atom stereocenters. The third kappa shape index (κ3) is 8.11. The van der Waals surface area contributed by atoms with E-state index in [0.717, 1.165) is 28.1 Å². The fraction of sp³-hybridized carbons (Fsp3) is 0.270. The van der Waals surface area contributed by atoms with Crippen LogP contribution >= 0.6 is 11.6 Å². The molecule has 0 spiro atoms. The molecule has 1 aromatic heterocycles. The summed E-state index contributed by atoms with van der Waals surface area (Å²) < 4.78 is 49.5. The molecule has 46 heavy (non-hydrogen) atoms. The van der Waals surface area contributed by atoms with Gasteiger partial charge in [0, 0.05) is 44.2 Å². The first-order valence-electron chi connectivity index (χ1n) is 15.3. The van der Waals surface area contributed by atoms with Gasteiger partial charge in [-0.15, -0.1) is 0 Å². The van der Waals surface area contributed by atoms with E-state index in [1.54, 1.807) is 13.1 Å². The molecule has 5 nitrogen and oxygen atoms in total. The molecule has 1 amide bonds. The van der Waals surface area contributed by atoms with E-state index in [4.69, 9.17) is 16.3 Å². The van der Waals surface area contributed by atoms with Crippen molar-refractivity contribution in [1.82, 2.24) is 14.8 Å². The molecule has 9 heteroatoms. The van der Waals surface area contributed by atoms with Gasteiger partial charge in [-0.1, -0.05) is 90.5 Å². The van der Waals surface area contributed by atoms with Gasteiger partial charge >= 0.3 is 6.18 Å². The summed E-state index contributed by atoms with van der Waals surface area (Å²) in [7, 11) is 1.61. The number of amides is 1. The van der Waals surface area contributed by atoms with Crippen molar-refractivity contribution in [3.05, 3.63) is 137 Å². The van der Waals surface area contributed by atoms with E-state index in [2.05, 4.69) is 34.5 Å². The van der Waals surface area contributed by atoms with Crippen molar-refractivity contribution < 1.29 is 22.7 Å². The van der Waals surface area contributed by atoms with E-state index >= 15 is 0 Å². The third-order valence-corrected chi connectivity index (χ3v) is 8.62. The molecular formula is C37H37ClF3N3O2. The lowest BCUT2D eigenvalue weighted by atomic mass is 9.90. The highest BCUT2D eigenvalue weighted by Gasteiger charge is 2.34. The Balaban J connectivity index is 1.39. The smallest absolute Gasteiger partial charge is 0.417 e. The fourth-order valence-electron chi connectivity index (χ4n) is 5.74. The first-order valence-corrected chi connectivity index (χ1v) is 15.6. The number of hydrogen-bond donors (Lipinski definition) is 1. The minimum absolute atomic E-state index is 0.0166. The lowest BCUT2D eigenvalue weighted by Gasteiger charge is -2.30. The van der Waals surface area contributed by atoms with Gasteiger partial charge in [-0.3, -0.25) is 9.69 Å². The van der Waals surface area contributed by atoms with Crippen LogP contribution in [-0.2, 0) is 24.1 Å². The van der Waals surface area contributed by atoms with Crippen LogP contribution in [0.2, 0.25) is 5.02 Å². The van der Waals surface area contributed by atoms with Crippen molar-refractivity contribution in [2.45, 2.75) is 44.6 Å². The van der Waals surface area contributed by atoms with E-state index in [0.29, 0.717) is 30.8 Å². The molecule has 5 aromatic rings. The maximum absolute atomic E-state index is 13.7. The quantitative estimate of drug-likeness (QED) is 0.139. The standard InChI is InChI=1S/C37H37ClF3N3O2/c1-26(46-34-18-10-17-33-30(34)20-22-44(33)25-35(45)42-2)19-21-43(23-29-15-9-16-32(36(29)38)37(39,40)41)24-31(27-11-5-3-6-12-27)28-13-7-4-8-14-28/h3-18,20,22,26,31H,19,21,23-25H2,1-2H3,(H,42,45). The Hall–Kier alpha value is -4.27. The Labute approximate surface area is 272 Å². The van der Waals surface area contributed by atoms with Crippen molar-refractivity contribution >= 4 is 28.4 Å².